The van der Waals surface area contributed by atoms with Crippen LogP contribution in [-0.2, 0) is 19.8 Å². The predicted molar refractivity (Wildman–Crippen MR) is 87.6 cm³/mol. The number of carbonyl (C=O) groups excluding carboxylic acids is 1. The van der Waals surface area contributed by atoms with Gasteiger partial charge in [0.2, 0.25) is 5.82 Å². The van der Waals surface area contributed by atoms with Crippen molar-refractivity contribution in [2.75, 3.05) is 12.3 Å². The molecule has 0 aliphatic rings. The highest BCUT2D eigenvalue weighted by molar-refractivity contribution is 7.99. The zero-order valence-corrected chi connectivity index (χ0v) is 14.4. The van der Waals surface area contributed by atoms with Gasteiger partial charge in [-0.05, 0) is 17.9 Å². The molecule has 1 aromatic heterocycles. The average Bonchev–Trinajstić information content (AvgIpc) is 2.84. The highest BCUT2D eigenvalue weighted by Crippen LogP contribution is 2.26. The summed E-state index contributed by atoms with van der Waals surface area (Å²) >= 11 is 1.51. The van der Waals surface area contributed by atoms with Crippen molar-refractivity contribution in [3.63, 3.8) is 0 Å². The fourth-order valence-electron chi connectivity index (χ4n) is 2.19. The highest BCUT2D eigenvalue weighted by Gasteiger charge is 2.37. The third-order valence-corrected chi connectivity index (χ3v) is 4.29. The first kappa shape index (κ1) is 19.1. The van der Waals surface area contributed by atoms with Gasteiger partial charge in [0.05, 0.1) is 12.1 Å². The summed E-state index contributed by atoms with van der Waals surface area (Å²) in [4.78, 5) is 24.8. The number of hydrogen-bond donors (Lipinski definition) is 1. The van der Waals surface area contributed by atoms with Crippen molar-refractivity contribution in [3.8, 4) is 0 Å². The second-order valence-electron chi connectivity index (χ2n) is 5.07. The number of halogens is 3. The summed E-state index contributed by atoms with van der Waals surface area (Å²) < 4.78 is 39.3. The van der Waals surface area contributed by atoms with Crippen LogP contribution in [0.2, 0.25) is 0 Å². The lowest BCUT2D eigenvalue weighted by Gasteiger charge is -2.09. The minimum atomic E-state index is -4.71. The molecule has 1 heterocycles. The van der Waals surface area contributed by atoms with Gasteiger partial charge in [-0.3, -0.25) is 9.36 Å². The van der Waals surface area contributed by atoms with Crippen molar-refractivity contribution in [2.45, 2.75) is 24.5 Å². The van der Waals surface area contributed by atoms with Gasteiger partial charge < -0.3 is 5.32 Å². The molecule has 6 nitrogen and oxygen atoms in total. The Kier molecular flexibility index (Phi) is 5.93. The Labute approximate surface area is 146 Å². The lowest BCUT2D eigenvalue weighted by molar-refractivity contribution is -0.147. The van der Waals surface area contributed by atoms with E-state index in [1.54, 1.807) is 12.1 Å². The van der Waals surface area contributed by atoms with E-state index in [9.17, 15) is 22.8 Å². The third kappa shape index (κ3) is 4.44. The summed E-state index contributed by atoms with van der Waals surface area (Å²) in [5.74, 6) is -0.821. The summed E-state index contributed by atoms with van der Waals surface area (Å²) in [5.41, 5.74) is -0.401. The molecule has 2 rings (SSSR count). The quantitative estimate of drug-likeness (QED) is 0.787. The largest absolute Gasteiger partial charge is 0.451 e. The van der Waals surface area contributed by atoms with E-state index in [-0.39, 0.29) is 19.0 Å². The van der Waals surface area contributed by atoms with Crippen molar-refractivity contribution in [1.82, 2.24) is 19.7 Å². The number of nitrogens with one attached hydrogen (secondary N) is 1. The lowest BCUT2D eigenvalue weighted by Crippen LogP contribution is -2.32. The summed E-state index contributed by atoms with van der Waals surface area (Å²) in [7, 11) is 1.01. The number of rotatable bonds is 6. The first-order valence-electron chi connectivity index (χ1n) is 7.46. The van der Waals surface area contributed by atoms with Crippen LogP contribution in [0.3, 0.4) is 0 Å². The van der Waals surface area contributed by atoms with E-state index in [4.69, 9.17) is 0 Å². The molecule has 0 radical (unpaired) electrons. The summed E-state index contributed by atoms with van der Waals surface area (Å²) in [6.45, 7) is 1.79. The van der Waals surface area contributed by atoms with E-state index >= 15 is 0 Å². The van der Waals surface area contributed by atoms with E-state index < -0.39 is 17.7 Å². The van der Waals surface area contributed by atoms with Gasteiger partial charge in [0.1, 0.15) is 0 Å². The Balaban J connectivity index is 2.04. The minimum absolute atomic E-state index is 0.0157. The number of benzene rings is 1. The van der Waals surface area contributed by atoms with Crippen LogP contribution >= 0.6 is 11.8 Å². The van der Waals surface area contributed by atoms with E-state index in [2.05, 4.69) is 10.4 Å². The van der Waals surface area contributed by atoms with Crippen LogP contribution in [-0.4, -0.2) is 32.6 Å². The minimum Gasteiger partial charge on any atom is -0.350 e. The Hall–Kier alpha value is -2.23. The molecule has 0 atom stereocenters. The number of thioether (sulfide) groups is 1. The summed E-state index contributed by atoms with van der Waals surface area (Å²) in [6.07, 6.45) is -4.71. The zero-order chi connectivity index (χ0) is 18.6. The summed E-state index contributed by atoms with van der Waals surface area (Å²) in [5, 5.41) is 5.88. The maximum atomic E-state index is 12.7. The van der Waals surface area contributed by atoms with Gasteiger partial charge in [-0.2, -0.15) is 13.2 Å². The Morgan fingerprint density at radius 3 is 2.60 bits per heavy atom. The molecule has 0 unspecified atom stereocenters. The molecule has 0 bridgehead atoms. The second-order valence-corrected chi connectivity index (χ2v) is 6.38. The van der Waals surface area contributed by atoms with Crippen LogP contribution in [0.1, 0.15) is 23.1 Å². The highest BCUT2D eigenvalue weighted by atomic mass is 32.2. The van der Waals surface area contributed by atoms with Gasteiger partial charge in [-0.1, -0.05) is 19.1 Å². The monoisotopic (exact) mass is 374 g/mol. The zero-order valence-electron chi connectivity index (χ0n) is 13.6. The maximum absolute atomic E-state index is 12.7. The normalized spacial score (nSPS) is 11.6. The van der Waals surface area contributed by atoms with Crippen molar-refractivity contribution >= 4 is 17.7 Å². The molecule has 0 saturated heterocycles. The standard InChI is InChI=1S/C15H17F3N4O2S/c1-3-25-11-7-5-4-6-10(11)12(23)19-8-9-22-14(24)21(2)13(20-22)15(16,17)18/h4-7H,3,8-9H2,1-2H3,(H,19,23). The lowest BCUT2D eigenvalue weighted by atomic mass is 10.2. The molecule has 0 aliphatic carbocycles. The van der Waals surface area contributed by atoms with Crippen LogP contribution in [0.15, 0.2) is 34.0 Å². The molecule has 136 valence electrons. The fourth-order valence-corrected chi connectivity index (χ4v) is 2.99. The van der Waals surface area contributed by atoms with Gasteiger partial charge in [0.15, 0.2) is 0 Å². The van der Waals surface area contributed by atoms with E-state index in [1.165, 1.54) is 11.8 Å². The van der Waals surface area contributed by atoms with Crippen molar-refractivity contribution in [2.24, 2.45) is 7.05 Å². The Morgan fingerprint density at radius 1 is 1.32 bits per heavy atom. The van der Waals surface area contributed by atoms with Gasteiger partial charge in [-0.25, -0.2) is 9.48 Å². The smallest absolute Gasteiger partial charge is 0.350 e. The van der Waals surface area contributed by atoms with Crippen molar-refractivity contribution in [1.29, 1.82) is 0 Å². The molecule has 1 aromatic carbocycles. The molecule has 0 saturated carbocycles. The van der Waals surface area contributed by atoms with Crippen molar-refractivity contribution in [3.05, 3.63) is 46.1 Å². The number of carbonyl (C=O) groups is 1. The van der Waals surface area contributed by atoms with E-state index in [0.717, 1.165) is 17.7 Å². The van der Waals surface area contributed by atoms with Crippen LogP contribution in [0.4, 0.5) is 13.2 Å². The Bertz CT molecular complexity index is 814. The van der Waals surface area contributed by atoms with Crippen LogP contribution < -0.4 is 11.0 Å². The first-order chi connectivity index (χ1) is 11.8. The van der Waals surface area contributed by atoms with Gasteiger partial charge in [-0.15, -0.1) is 16.9 Å². The first-order valence-corrected chi connectivity index (χ1v) is 8.45. The SMILES string of the molecule is CCSc1ccccc1C(=O)NCCn1nc(C(F)(F)F)n(C)c1=O. The van der Waals surface area contributed by atoms with Crippen LogP contribution in [0.25, 0.3) is 0 Å². The predicted octanol–water partition coefficient (Wildman–Crippen LogP) is 2.14. The van der Waals surface area contributed by atoms with Crippen molar-refractivity contribution < 1.29 is 18.0 Å². The van der Waals surface area contributed by atoms with E-state index in [1.807, 2.05) is 19.1 Å². The number of amides is 1. The molecule has 0 fully saturated rings. The van der Waals surface area contributed by atoms with Gasteiger partial charge >= 0.3 is 11.9 Å². The van der Waals surface area contributed by atoms with Gasteiger partial charge in [0, 0.05) is 18.5 Å². The van der Waals surface area contributed by atoms with Gasteiger partial charge in [0.25, 0.3) is 5.91 Å². The molecule has 25 heavy (non-hydrogen) atoms. The second kappa shape index (κ2) is 7.77. The topological polar surface area (TPSA) is 68.9 Å². The number of hydrogen-bond acceptors (Lipinski definition) is 4. The molecule has 1 amide bonds. The summed E-state index contributed by atoms with van der Waals surface area (Å²) in [6, 6.07) is 7.04. The Morgan fingerprint density at radius 2 is 2.00 bits per heavy atom. The number of nitrogens with zero attached hydrogens (tertiary/aromatic N) is 3. The third-order valence-electron chi connectivity index (χ3n) is 3.34. The van der Waals surface area contributed by atoms with Crippen LogP contribution in [0, 0.1) is 0 Å². The fraction of sp³-hybridized carbons (Fsp3) is 0.400. The molecule has 1 N–H and O–H groups in total. The molecule has 10 heteroatoms. The number of aromatic nitrogens is 3. The van der Waals surface area contributed by atoms with Crippen LogP contribution in [0.5, 0.6) is 0 Å². The number of alkyl halides is 3. The molecular weight excluding hydrogens is 357 g/mol. The average molecular weight is 374 g/mol. The molecule has 0 spiro atoms. The molecule has 2 aromatic rings. The van der Waals surface area contributed by atoms with E-state index in [0.29, 0.717) is 14.8 Å². The maximum Gasteiger partial charge on any atom is 0.451 e. The molecular formula is C15H17F3N4O2S. The molecule has 0 aliphatic heterocycles.